The van der Waals surface area contributed by atoms with E-state index in [1.54, 1.807) is 11.0 Å². The number of aliphatic hydroxyl groups excluding tert-OH is 1. The van der Waals surface area contributed by atoms with E-state index in [9.17, 15) is 18.3 Å². The minimum absolute atomic E-state index is 0.166. The first kappa shape index (κ1) is 23.7. The number of aliphatic hydroxyl groups is 1. The molecule has 3 N–H and O–H groups in total. The van der Waals surface area contributed by atoms with Crippen LogP contribution in [0, 0.1) is 5.82 Å². The number of halogens is 3. The second kappa shape index (κ2) is 11.6. The normalized spacial score (nSPS) is 19.8. The van der Waals surface area contributed by atoms with E-state index in [2.05, 4.69) is 15.6 Å². The molecule has 0 aliphatic carbocycles. The number of guanidine groups is 1. The molecular weight excluding hydrogens is 407 g/mol. The van der Waals surface area contributed by atoms with Crippen LogP contribution in [0.25, 0.3) is 0 Å². The predicted octanol–water partition coefficient (Wildman–Crippen LogP) is 2.57. The van der Waals surface area contributed by atoms with Crippen LogP contribution >= 0.6 is 0 Å². The Bertz CT molecular complexity index is 717. The van der Waals surface area contributed by atoms with Gasteiger partial charge in [-0.1, -0.05) is 6.07 Å². The first-order valence-electron chi connectivity index (χ1n) is 11.2. The van der Waals surface area contributed by atoms with E-state index in [1.807, 2.05) is 17.9 Å². The second-order valence-corrected chi connectivity index (χ2v) is 8.31. The van der Waals surface area contributed by atoms with Crippen LogP contribution < -0.4 is 15.5 Å². The van der Waals surface area contributed by atoms with Gasteiger partial charge in [0, 0.05) is 38.8 Å². The summed E-state index contributed by atoms with van der Waals surface area (Å²) in [5, 5.41) is 16.2. The van der Waals surface area contributed by atoms with E-state index in [4.69, 9.17) is 0 Å². The van der Waals surface area contributed by atoms with Crippen molar-refractivity contribution in [3.8, 4) is 0 Å². The molecule has 2 fully saturated rings. The molecule has 0 bridgehead atoms. The second-order valence-electron chi connectivity index (χ2n) is 8.31. The van der Waals surface area contributed by atoms with Crippen LogP contribution in [0.15, 0.2) is 23.2 Å². The summed E-state index contributed by atoms with van der Waals surface area (Å²) in [5.74, 6) is 0.387. The lowest BCUT2D eigenvalue weighted by atomic mass is 10.1. The number of benzene rings is 1. The monoisotopic (exact) mass is 441 g/mol. The number of nitrogens with one attached hydrogen (secondary N) is 2. The smallest absolute Gasteiger partial charge is 0.251 e. The molecule has 6 nitrogen and oxygen atoms in total. The summed E-state index contributed by atoms with van der Waals surface area (Å²) in [4.78, 5) is 8.35. The summed E-state index contributed by atoms with van der Waals surface area (Å²) in [6, 6.07) is 5.38. The zero-order chi connectivity index (χ0) is 22.2. The Morgan fingerprint density at radius 2 is 1.87 bits per heavy atom. The van der Waals surface area contributed by atoms with E-state index in [-0.39, 0.29) is 24.5 Å². The van der Waals surface area contributed by atoms with Gasteiger partial charge in [0.15, 0.2) is 5.96 Å². The van der Waals surface area contributed by atoms with Crippen molar-refractivity contribution in [2.24, 2.45) is 4.99 Å². The number of hydrogen-bond acceptors (Lipinski definition) is 4. The first-order chi connectivity index (χ1) is 14.9. The maximum Gasteiger partial charge on any atom is 0.251 e. The molecule has 0 spiro atoms. The predicted molar refractivity (Wildman–Crippen MR) is 117 cm³/mol. The zero-order valence-electron chi connectivity index (χ0n) is 18.2. The lowest BCUT2D eigenvalue weighted by Crippen LogP contribution is -2.49. The summed E-state index contributed by atoms with van der Waals surface area (Å²) < 4.78 is 39.7. The highest BCUT2D eigenvalue weighted by Gasteiger charge is 2.22. The van der Waals surface area contributed by atoms with Crippen molar-refractivity contribution >= 4 is 11.6 Å². The number of rotatable bonds is 7. The Hall–Kier alpha value is -2.00. The molecule has 0 unspecified atom stereocenters. The third kappa shape index (κ3) is 7.28. The molecule has 0 amide bonds. The van der Waals surface area contributed by atoms with Crippen LogP contribution in [0.1, 0.15) is 38.2 Å². The van der Waals surface area contributed by atoms with Crippen molar-refractivity contribution in [1.29, 1.82) is 0 Å². The van der Waals surface area contributed by atoms with Crippen LogP contribution in [-0.2, 0) is 6.54 Å². The van der Waals surface area contributed by atoms with Crippen molar-refractivity contribution in [3.05, 3.63) is 29.6 Å². The van der Waals surface area contributed by atoms with Gasteiger partial charge in [0.2, 0.25) is 0 Å². The summed E-state index contributed by atoms with van der Waals surface area (Å²) in [6.07, 6.45) is 0.294. The minimum Gasteiger partial charge on any atom is -0.393 e. The van der Waals surface area contributed by atoms with E-state index in [1.165, 1.54) is 6.07 Å². The highest BCUT2D eigenvalue weighted by molar-refractivity contribution is 5.80. The number of piperidine rings is 2. The number of hydrogen-bond donors (Lipinski definition) is 3. The highest BCUT2D eigenvalue weighted by Crippen LogP contribution is 2.24. The van der Waals surface area contributed by atoms with E-state index in [0.717, 1.165) is 18.4 Å². The standard InChI is InChI=1S/C22H34F3N5O/c1-2-26-22(28-17-5-9-29(10-6-17)15-21(24)25)27-14-16-3-4-20(19(23)13-16)30-11-7-18(31)8-12-30/h3-4,13,17-18,21,31H,2,5-12,14-15H2,1H3,(H2,26,27,28). The van der Waals surface area contributed by atoms with Crippen molar-refractivity contribution in [3.63, 3.8) is 0 Å². The van der Waals surface area contributed by atoms with Gasteiger partial charge >= 0.3 is 0 Å². The van der Waals surface area contributed by atoms with Crippen LogP contribution in [0.5, 0.6) is 0 Å². The molecule has 0 aromatic heterocycles. The minimum atomic E-state index is -2.29. The number of aliphatic imine (C=N–C) groups is 1. The van der Waals surface area contributed by atoms with Crippen molar-refractivity contribution in [2.75, 3.05) is 44.2 Å². The van der Waals surface area contributed by atoms with Crippen LogP contribution in [0.4, 0.5) is 18.9 Å². The Balaban J connectivity index is 1.54. The molecule has 9 heteroatoms. The molecule has 0 atom stereocenters. The molecule has 174 valence electrons. The molecular formula is C22H34F3N5O. The highest BCUT2D eigenvalue weighted by atomic mass is 19.3. The van der Waals surface area contributed by atoms with Gasteiger partial charge < -0.3 is 20.6 Å². The number of anilines is 1. The molecule has 0 saturated carbocycles. The van der Waals surface area contributed by atoms with Gasteiger partial charge in [0.1, 0.15) is 5.82 Å². The average Bonchev–Trinajstić information content (AvgIpc) is 2.74. The van der Waals surface area contributed by atoms with Crippen molar-refractivity contribution in [1.82, 2.24) is 15.5 Å². The largest absolute Gasteiger partial charge is 0.393 e. The van der Waals surface area contributed by atoms with Crippen molar-refractivity contribution < 1.29 is 18.3 Å². The number of nitrogens with zero attached hydrogens (tertiary/aromatic N) is 3. The van der Waals surface area contributed by atoms with Crippen molar-refractivity contribution in [2.45, 2.75) is 57.7 Å². The lowest BCUT2D eigenvalue weighted by molar-refractivity contribution is 0.0744. The Kier molecular flexibility index (Phi) is 8.83. The molecule has 2 aliphatic heterocycles. The third-order valence-electron chi connectivity index (χ3n) is 5.91. The lowest BCUT2D eigenvalue weighted by Gasteiger charge is -2.32. The average molecular weight is 442 g/mol. The molecule has 1 aromatic carbocycles. The third-order valence-corrected chi connectivity index (χ3v) is 5.91. The first-order valence-corrected chi connectivity index (χ1v) is 11.2. The Morgan fingerprint density at radius 3 is 2.48 bits per heavy atom. The van der Waals surface area contributed by atoms with Gasteiger partial charge in [0.05, 0.1) is 24.9 Å². The molecule has 2 heterocycles. The SMILES string of the molecule is CCNC(=NCc1ccc(N2CCC(O)CC2)c(F)c1)NC1CCN(CC(F)F)CC1. The summed E-state index contributed by atoms with van der Waals surface area (Å²) in [5.41, 5.74) is 1.35. The molecule has 31 heavy (non-hydrogen) atoms. The Morgan fingerprint density at radius 1 is 1.16 bits per heavy atom. The molecule has 0 radical (unpaired) electrons. The topological polar surface area (TPSA) is 63.1 Å². The van der Waals surface area contributed by atoms with E-state index in [0.29, 0.717) is 63.8 Å². The van der Waals surface area contributed by atoms with E-state index >= 15 is 0 Å². The quantitative estimate of drug-likeness (QED) is 0.449. The number of alkyl halides is 2. The van der Waals surface area contributed by atoms with Gasteiger partial charge in [-0.3, -0.25) is 4.90 Å². The van der Waals surface area contributed by atoms with Gasteiger partial charge in [0.25, 0.3) is 6.43 Å². The molecule has 2 saturated heterocycles. The molecule has 3 rings (SSSR count). The fraction of sp³-hybridized carbons (Fsp3) is 0.682. The summed E-state index contributed by atoms with van der Waals surface area (Å²) in [6.45, 7) is 5.44. The van der Waals surface area contributed by atoms with Gasteiger partial charge in [-0.15, -0.1) is 0 Å². The zero-order valence-corrected chi connectivity index (χ0v) is 18.2. The van der Waals surface area contributed by atoms with Crippen LogP contribution in [0.2, 0.25) is 0 Å². The van der Waals surface area contributed by atoms with Gasteiger partial charge in [-0.25, -0.2) is 18.2 Å². The van der Waals surface area contributed by atoms with Crippen LogP contribution in [0.3, 0.4) is 0 Å². The fourth-order valence-corrected chi connectivity index (χ4v) is 4.15. The maximum atomic E-state index is 14.7. The molecule has 2 aliphatic rings. The van der Waals surface area contributed by atoms with Crippen LogP contribution in [-0.4, -0.2) is 73.8 Å². The van der Waals surface area contributed by atoms with Gasteiger partial charge in [-0.05, 0) is 50.3 Å². The Labute approximate surface area is 182 Å². The summed E-state index contributed by atoms with van der Waals surface area (Å²) >= 11 is 0. The maximum absolute atomic E-state index is 14.7. The van der Waals surface area contributed by atoms with E-state index < -0.39 is 6.43 Å². The molecule has 1 aromatic rings. The summed E-state index contributed by atoms with van der Waals surface area (Å²) in [7, 11) is 0. The number of likely N-dealkylation sites (tertiary alicyclic amines) is 1. The fourth-order valence-electron chi connectivity index (χ4n) is 4.15. The van der Waals surface area contributed by atoms with Gasteiger partial charge in [-0.2, -0.15) is 0 Å².